The Labute approximate surface area is 168 Å². The van der Waals surface area contributed by atoms with Crippen LogP contribution in [0.15, 0.2) is 0 Å². The number of sulfonamides is 1. The van der Waals surface area contributed by atoms with Crippen molar-refractivity contribution >= 4 is 32.6 Å². The summed E-state index contributed by atoms with van der Waals surface area (Å²) in [6.07, 6.45) is -10.1. The molecule has 0 aliphatic heterocycles. The van der Waals surface area contributed by atoms with E-state index in [0.29, 0.717) is 4.43 Å². The highest BCUT2D eigenvalue weighted by Gasteiger charge is 2.90. The van der Waals surface area contributed by atoms with Crippen LogP contribution in [0.1, 0.15) is 12.8 Å². The smallest absolute Gasteiger partial charge is 0.215 e. The van der Waals surface area contributed by atoms with Crippen molar-refractivity contribution in [2.75, 3.05) is 16.7 Å². The molecule has 0 aromatic carbocycles. The van der Waals surface area contributed by atoms with Crippen molar-refractivity contribution in [1.82, 2.24) is 4.72 Å². The highest BCUT2D eigenvalue weighted by Crippen LogP contribution is 2.60. The summed E-state index contributed by atoms with van der Waals surface area (Å²) < 4.78 is 192. The number of halogens is 14. The lowest BCUT2D eigenvalue weighted by Gasteiger charge is -2.39. The summed E-state index contributed by atoms with van der Waals surface area (Å²) in [4.78, 5) is 0. The molecule has 0 bridgehead atoms. The largest absolute Gasteiger partial charge is 0.460 e. The summed E-state index contributed by atoms with van der Waals surface area (Å²) in [5.74, 6) is -39.6. The lowest BCUT2D eigenvalue weighted by atomic mass is 9.93. The van der Waals surface area contributed by atoms with Gasteiger partial charge in [-0.2, -0.15) is 57.1 Å². The van der Waals surface area contributed by atoms with Gasteiger partial charge < -0.3 is 0 Å². The number of nitrogens with one attached hydrogen (secondary N) is 1. The first kappa shape index (κ1) is 28.7. The Hall–Kier alpha value is -0.270. The van der Waals surface area contributed by atoms with E-state index in [2.05, 4.69) is 0 Å². The maximum Gasteiger partial charge on any atom is 0.460 e. The predicted molar refractivity (Wildman–Crippen MR) is 80.7 cm³/mol. The SMILES string of the molecule is O=S(=O)(CCC(F)(F)C(F)(F)C(F)(F)C(F)(F)C(F)(F)C(F)(F)F)NCCCI. The molecule has 3 nitrogen and oxygen atoms in total. The Bertz CT molecular complexity index is 662. The van der Waals surface area contributed by atoms with Crippen LogP contribution in [0.4, 0.5) is 57.1 Å². The van der Waals surface area contributed by atoms with Crippen molar-refractivity contribution in [1.29, 1.82) is 0 Å². The second kappa shape index (κ2) is 8.70. The normalized spacial score (nSPS) is 15.7. The van der Waals surface area contributed by atoms with Gasteiger partial charge in [0.25, 0.3) is 0 Å². The van der Waals surface area contributed by atoms with E-state index in [1.807, 2.05) is 0 Å². The van der Waals surface area contributed by atoms with Crippen LogP contribution in [0.5, 0.6) is 0 Å². The summed E-state index contributed by atoms with van der Waals surface area (Å²) in [6.45, 7) is -0.390. The number of alkyl halides is 14. The van der Waals surface area contributed by atoms with Gasteiger partial charge in [0.1, 0.15) is 0 Å². The maximum atomic E-state index is 13.4. The monoisotopic (exact) mass is 595 g/mol. The van der Waals surface area contributed by atoms with E-state index < -0.39 is 58.0 Å². The van der Waals surface area contributed by atoms with Gasteiger partial charge in [-0.15, -0.1) is 0 Å². The summed E-state index contributed by atoms with van der Waals surface area (Å²) in [5, 5.41) is 0. The Morgan fingerprint density at radius 3 is 1.48 bits per heavy atom. The highest BCUT2D eigenvalue weighted by molar-refractivity contribution is 14.1. The van der Waals surface area contributed by atoms with E-state index in [9.17, 15) is 65.5 Å². The Morgan fingerprint density at radius 2 is 1.10 bits per heavy atom. The molecule has 0 aliphatic carbocycles. The van der Waals surface area contributed by atoms with Crippen molar-refractivity contribution in [2.45, 2.75) is 48.6 Å². The fourth-order valence-corrected chi connectivity index (χ4v) is 3.09. The van der Waals surface area contributed by atoms with E-state index >= 15 is 0 Å². The Morgan fingerprint density at radius 1 is 0.690 bits per heavy atom. The standard InChI is InChI=1S/C11H11F13INO2S/c12-6(13,2-5-29(27,28)26-4-1-3-25)7(14,15)8(16,17)9(18,19)10(20,21)11(22,23)24/h26H,1-5H2. The van der Waals surface area contributed by atoms with Crippen LogP contribution in [0.25, 0.3) is 0 Å². The van der Waals surface area contributed by atoms with Gasteiger partial charge in [-0.05, 0) is 6.42 Å². The van der Waals surface area contributed by atoms with Gasteiger partial charge in [0.15, 0.2) is 0 Å². The molecule has 0 aromatic heterocycles. The summed E-state index contributed by atoms with van der Waals surface area (Å²) in [6, 6.07) is 0. The van der Waals surface area contributed by atoms with E-state index in [1.54, 1.807) is 27.3 Å². The van der Waals surface area contributed by atoms with E-state index in [0.717, 1.165) is 0 Å². The van der Waals surface area contributed by atoms with Crippen LogP contribution in [-0.2, 0) is 10.0 Å². The number of hydrogen-bond acceptors (Lipinski definition) is 2. The molecule has 1 N–H and O–H groups in total. The van der Waals surface area contributed by atoms with Crippen LogP contribution in [-0.4, -0.2) is 60.9 Å². The molecule has 0 aromatic rings. The van der Waals surface area contributed by atoms with Crippen LogP contribution in [0.2, 0.25) is 0 Å². The third-order valence-electron chi connectivity index (χ3n) is 3.32. The van der Waals surface area contributed by atoms with Crippen LogP contribution < -0.4 is 4.72 Å². The predicted octanol–water partition coefficient (Wildman–Crippen LogP) is 4.86. The molecule has 0 radical (unpaired) electrons. The zero-order chi connectivity index (χ0) is 23.7. The molecule has 0 atom stereocenters. The molecule has 0 heterocycles. The molecule has 0 amide bonds. The maximum absolute atomic E-state index is 13.4. The van der Waals surface area contributed by atoms with E-state index in [-0.39, 0.29) is 13.0 Å². The van der Waals surface area contributed by atoms with Crippen LogP contribution in [0, 0.1) is 0 Å². The van der Waals surface area contributed by atoms with Gasteiger partial charge in [0.2, 0.25) is 10.0 Å². The van der Waals surface area contributed by atoms with Gasteiger partial charge in [-0.25, -0.2) is 13.1 Å². The van der Waals surface area contributed by atoms with Gasteiger partial charge >= 0.3 is 35.8 Å². The fourth-order valence-electron chi connectivity index (χ4n) is 1.59. The molecule has 0 aliphatic rings. The zero-order valence-electron chi connectivity index (χ0n) is 13.6. The number of rotatable bonds is 11. The molecular formula is C11H11F13INO2S. The average molecular weight is 595 g/mol. The Balaban J connectivity index is 5.82. The fraction of sp³-hybridized carbons (Fsp3) is 1.00. The molecule has 29 heavy (non-hydrogen) atoms. The number of hydrogen-bond donors (Lipinski definition) is 1. The molecule has 0 saturated carbocycles. The molecular weight excluding hydrogens is 584 g/mol. The molecule has 0 saturated heterocycles. The first-order chi connectivity index (χ1) is 12.5. The van der Waals surface area contributed by atoms with Gasteiger partial charge in [0, 0.05) is 17.4 Å². The van der Waals surface area contributed by atoms with Crippen molar-refractivity contribution in [3.05, 3.63) is 0 Å². The molecule has 0 fully saturated rings. The van der Waals surface area contributed by atoms with E-state index in [4.69, 9.17) is 0 Å². The zero-order valence-corrected chi connectivity index (χ0v) is 16.5. The first-order valence-electron chi connectivity index (χ1n) is 7.01. The summed E-state index contributed by atoms with van der Waals surface area (Å²) in [7, 11) is -4.81. The minimum absolute atomic E-state index is 0.128. The molecule has 18 heteroatoms. The second-order valence-corrected chi connectivity index (χ2v) is 8.51. The van der Waals surface area contributed by atoms with Gasteiger partial charge in [0.05, 0.1) is 5.75 Å². The third kappa shape index (κ3) is 5.51. The van der Waals surface area contributed by atoms with Crippen LogP contribution >= 0.6 is 22.6 Å². The average Bonchev–Trinajstić information content (AvgIpc) is 2.51. The second-order valence-electron chi connectivity index (χ2n) is 5.51. The van der Waals surface area contributed by atoms with Gasteiger partial charge in [-0.3, -0.25) is 0 Å². The lowest BCUT2D eigenvalue weighted by molar-refractivity contribution is -0.439. The minimum Gasteiger partial charge on any atom is -0.215 e. The molecule has 0 unspecified atom stereocenters. The minimum atomic E-state index is -8.00. The first-order valence-corrected chi connectivity index (χ1v) is 10.2. The quantitative estimate of drug-likeness (QED) is 0.161. The Kier molecular flexibility index (Phi) is 8.62. The van der Waals surface area contributed by atoms with Crippen molar-refractivity contribution in [3.63, 3.8) is 0 Å². The summed E-state index contributed by atoms with van der Waals surface area (Å²) in [5.41, 5.74) is 0. The van der Waals surface area contributed by atoms with Crippen molar-refractivity contribution < 1.29 is 65.5 Å². The third-order valence-corrected chi connectivity index (χ3v) is 5.46. The van der Waals surface area contributed by atoms with E-state index in [1.165, 1.54) is 0 Å². The molecule has 0 spiro atoms. The molecule has 0 rings (SSSR count). The van der Waals surface area contributed by atoms with Crippen molar-refractivity contribution in [2.24, 2.45) is 0 Å². The van der Waals surface area contributed by atoms with Crippen LogP contribution in [0.3, 0.4) is 0 Å². The topological polar surface area (TPSA) is 46.2 Å². The highest BCUT2D eigenvalue weighted by atomic mass is 127. The van der Waals surface area contributed by atoms with Gasteiger partial charge in [-0.1, -0.05) is 22.6 Å². The van der Waals surface area contributed by atoms with Crippen molar-refractivity contribution in [3.8, 4) is 0 Å². The molecule has 176 valence electrons. The summed E-state index contributed by atoms with van der Waals surface area (Å²) >= 11 is 1.76. The lowest BCUT2D eigenvalue weighted by Crippen LogP contribution is -2.70.